The number of hydrogen-bond donors (Lipinski definition) is 1. The first-order chi connectivity index (χ1) is 9.47. The summed E-state index contributed by atoms with van der Waals surface area (Å²) in [5, 5.41) is 11.9. The first-order valence-electron chi connectivity index (χ1n) is 7.41. The van der Waals surface area contributed by atoms with Crippen LogP contribution in [0.4, 0.5) is 5.69 Å². The van der Waals surface area contributed by atoms with Crippen molar-refractivity contribution in [1.29, 1.82) is 0 Å². The maximum atomic E-state index is 11.7. The molecule has 20 heavy (non-hydrogen) atoms. The lowest BCUT2D eigenvalue weighted by Crippen LogP contribution is -2.98. The molecule has 0 amide bonds. The molecule has 1 aliphatic carbocycles. The molecule has 0 spiro atoms. The fourth-order valence-corrected chi connectivity index (χ4v) is 4.15. The Kier molecular flexibility index (Phi) is 5.64. The summed E-state index contributed by atoms with van der Waals surface area (Å²) in [4.78, 5) is 0. The van der Waals surface area contributed by atoms with Gasteiger partial charge in [0.15, 0.2) is 0 Å². The molecule has 1 aromatic carbocycles. The largest absolute Gasteiger partial charge is 0.629 e. The van der Waals surface area contributed by atoms with Gasteiger partial charge in [0.25, 0.3) is 0 Å². The fraction of sp³-hybridized carbons (Fsp3) is 0.529. The minimum absolute atomic E-state index is 0.150. The highest BCUT2D eigenvalue weighted by Gasteiger charge is 2.24. The molecule has 0 saturated heterocycles. The van der Waals surface area contributed by atoms with Crippen LogP contribution in [0.2, 0.25) is 0 Å². The van der Waals surface area contributed by atoms with Gasteiger partial charge >= 0.3 is 0 Å². The average molecular weight is 385 g/mol. The van der Waals surface area contributed by atoms with Crippen molar-refractivity contribution in [3.8, 4) is 0 Å². The lowest BCUT2D eigenvalue weighted by Gasteiger charge is -2.29. The molecule has 1 fully saturated rings. The van der Waals surface area contributed by atoms with Crippen molar-refractivity contribution in [3.05, 3.63) is 40.6 Å². The lowest BCUT2D eigenvalue weighted by atomic mass is 9.80. The normalized spacial score (nSPS) is 28.8. The van der Waals surface area contributed by atoms with Gasteiger partial charge in [-0.1, -0.05) is 47.7 Å². The molecule has 1 aromatic rings. The number of benzene rings is 1. The second kappa shape index (κ2) is 7.05. The summed E-state index contributed by atoms with van der Waals surface area (Å²) in [6.07, 6.45) is 8.37. The number of hydrogen-bond acceptors (Lipinski definition) is 1. The van der Waals surface area contributed by atoms with Crippen LogP contribution in [0.5, 0.6) is 0 Å². The Morgan fingerprint density at radius 2 is 2.10 bits per heavy atom. The van der Waals surface area contributed by atoms with Crippen molar-refractivity contribution in [2.24, 2.45) is 11.8 Å². The zero-order valence-electron chi connectivity index (χ0n) is 12.5. The van der Waals surface area contributed by atoms with Gasteiger partial charge < -0.3 is 10.3 Å². The Morgan fingerprint density at radius 1 is 1.35 bits per heavy atom. The molecule has 0 radical (unpaired) electrons. The van der Waals surface area contributed by atoms with Crippen LogP contribution >= 0.6 is 22.6 Å². The highest BCUT2D eigenvalue weighted by Crippen LogP contribution is 2.35. The number of alkyl halides is 1. The first-order valence-corrected chi connectivity index (χ1v) is 8.66. The molecule has 4 atom stereocenters. The summed E-state index contributed by atoms with van der Waals surface area (Å²) < 4.78 is 0.833. The monoisotopic (exact) mass is 385 g/mol. The summed E-state index contributed by atoms with van der Waals surface area (Å²) in [6.45, 7) is 4.38. The van der Waals surface area contributed by atoms with Crippen LogP contribution in [0.15, 0.2) is 24.3 Å². The Labute approximate surface area is 136 Å². The van der Waals surface area contributed by atoms with Gasteiger partial charge in [-0.05, 0) is 49.7 Å². The van der Waals surface area contributed by atoms with E-state index in [4.69, 9.17) is 0 Å². The van der Waals surface area contributed by atoms with Crippen LogP contribution < -0.4 is 5.06 Å². The fourth-order valence-electron chi connectivity index (χ4n) is 2.99. The van der Waals surface area contributed by atoms with E-state index in [0.29, 0.717) is 5.92 Å². The molecular formula is C17H24INO. The molecule has 1 N–H and O–H groups in total. The van der Waals surface area contributed by atoms with Crippen LogP contribution in [0.1, 0.15) is 37.3 Å². The number of hydroxylamine groups is 1. The van der Waals surface area contributed by atoms with E-state index in [9.17, 15) is 5.21 Å². The molecule has 0 bridgehead atoms. The highest BCUT2D eigenvalue weighted by molar-refractivity contribution is 14.1. The first kappa shape index (κ1) is 16.0. The molecule has 0 heterocycles. The number of allylic oxidation sites excluding steroid dienone is 1. The number of halogens is 1. The SMILES string of the molecule is Cc1ccc(/C=C/C2CCC(I)CC2C)c([NH+](C)[O-])c1. The molecule has 2 nitrogen and oxygen atoms in total. The third kappa shape index (κ3) is 4.06. The Hall–Kier alpha value is -0.390. The van der Waals surface area contributed by atoms with E-state index >= 15 is 0 Å². The molecule has 0 aliphatic heterocycles. The van der Waals surface area contributed by atoms with E-state index in [-0.39, 0.29) is 5.06 Å². The Morgan fingerprint density at radius 3 is 2.75 bits per heavy atom. The van der Waals surface area contributed by atoms with Crippen LogP contribution in [-0.4, -0.2) is 11.0 Å². The maximum absolute atomic E-state index is 11.7. The van der Waals surface area contributed by atoms with E-state index in [0.717, 1.165) is 26.7 Å². The average Bonchev–Trinajstić information content (AvgIpc) is 2.38. The van der Waals surface area contributed by atoms with Crippen molar-refractivity contribution in [2.75, 3.05) is 7.05 Å². The minimum atomic E-state index is 0.150. The summed E-state index contributed by atoms with van der Waals surface area (Å²) in [7, 11) is 1.65. The van der Waals surface area contributed by atoms with Crippen LogP contribution in [0.3, 0.4) is 0 Å². The maximum Gasteiger partial charge on any atom is 0.138 e. The van der Waals surface area contributed by atoms with E-state index in [1.54, 1.807) is 7.05 Å². The second-order valence-corrected chi connectivity index (χ2v) is 7.82. The second-order valence-electron chi connectivity index (χ2n) is 6.06. The van der Waals surface area contributed by atoms with Gasteiger partial charge in [-0.2, -0.15) is 0 Å². The minimum Gasteiger partial charge on any atom is -0.629 e. The molecule has 1 saturated carbocycles. The molecule has 4 unspecified atom stereocenters. The summed E-state index contributed by atoms with van der Waals surface area (Å²) >= 11 is 2.57. The molecule has 0 aromatic heterocycles. The number of aryl methyl sites for hydroxylation is 1. The summed E-state index contributed by atoms with van der Waals surface area (Å²) in [5.74, 6) is 1.40. The summed E-state index contributed by atoms with van der Waals surface area (Å²) in [6, 6.07) is 6.14. The molecule has 1 aliphatic rings. The van der Waals surface area contributed by atoms with Crippen LogP contribution in [0, 0.1) is 24.0 Å². The van der Waals surface area contributed by atoms with Gasteiger partial charge in [0.2, 0.25) is 0 Å². The number of nitrogens with one attached hydrogen (secondary N) is 1. The van der Waals surface area contributed by atoms with Gasteiger partial charge in [-0.15, -0.1) is 0 Å². The van der Waals surface area contributed by atoms with E-state index in [1.165, 1.54) is 19.3 Å². The standard InChI is InChI=1S/C17H24INO/c1-12-4-5-15(17(10-12)19(3)20)7-6-14-8-9-16(18)11-13(14)2/h4-7,10,13-14,16,19H,8-9,11H2,1-3H3/b7-6+. The van der Waals surface area contributed by atoms with Crippen LogP contribution in [-0.2, 0) is 0 Å². The van der Waals surface area contributed by atoms with Crippen molar-refractivity contribution < 1.29 is 5.06 Å². The third-order valence-corrected chi connectivity index (χ3v) is 5.41. The Balaban J connectivity index is 2.15. The van der Waals surface area contributed by atoms with Gasteiger partial charge in [0.1, 0.15) is 5.69 Å². The van der Waals surface area contributed by atoms with E-state index in [2.05, 4.69) is 53.8 Å². The summed E-state index contributed by atoms with van der Waals surface area (Å²) in [5.41, 5.74) is 3.05. The number of rotatable bonds is 3. The molecule has 110 valence electrons. The van der Waals surface area contributed by atoms with E-state index < -0.39 is 0 Å². The van der Waals surface area contributed by atoms with Gasteiger partial charge in [0, 0.05) is 15.6 Å². The quantitative estimate of drug-likeness (QED) is 0.477. The predicted molar refractivity (Wildman–Crippen MR) is 94.4 cm³/mol. The highest BCUT2D eigenvalue weighted by atomic mass is 127. The smallest absolute Gasteiger partial charge is 0.138 e. The zero-order chi connectivity index (χ0) is 14.7. The van der Waals surface area contributed by atoms with Crippen molar-refractivity contribution in [1.82, 2.24) is 0 Å². The number of quaternary nitrogens is 1. The predicted octanol–water partition coefficient (Wildman–Crippen LogP) is 3.89. The molecular weight excluding hydrogens is 361 g/mol. The van der Waals surface area contributed by atoms with Crippen molar-refractivity contribution >= 4 is 34.4 Å². The van der Waals surface area contributed by atoms with Crippen molar-refractivity contribution in [3.63, 3.8) is 0 Å². The third-order valence-electron chi connectivity index (χ3n) is 4.28. The zero-order valence-corrected chi connectivity index (χ0v) is 14.7. The van der Waals surface area contributed by atoms with Gasteiger partial charge in [-0.25, -0.2) is 0 Å². The molecule has 3 heteroatoms. The van der Waals surface area contributed by atoms with E-state index in [1.807, 2.05) is 13.0 Å². The Bertz CT molecular complexity index is 484. The van der Waals surface area contributed by atoms with Gasteiger partial charge in [-0.3, -0.25) is 0 Å². The van der Waals surface area contributed by atoms with Crippen molar-refractivity contribution in [2.45, 2.75) is 37.0 Å². The topological polar surface area (TPSA) is 27.5 Å². The van der Waals surface area contributed by atoms with Crippen LogP contribution in [0.25, 0.3) is 6.08 Å². The lowest BCUT2D eigenvalue weighted by molar-refractivity contribution is -0.751. The molecule has 2 rings (SSSR count). The van der Waals surface area contributed by atoms with Gasteiger partial charge in [0.05, 0.1) is 7.05 Å².